The maximum Gasteiger partial charge on any atom is 0.410 e. The molecule has 0 radical (unpaired) electrons. The normalized spacial score (nSPS) is 19.6. The van der Waals surface area contributed by atoms with Crippen LogP contribution in [0.5, 0.6) is 0 Å². The first kappa shape index (κ1) is 22.0. The first-order valence-electron chi connectivity index (χ1n) is 11.2. The van der Waals surface area contributed by atoms with Crippen molar-refractivity contribution in [1.82, 2.24) is 4.90 Å². The largest absolute Gasteiger partial charge is 0.444 e. The highest BCUT2D eigenvalue weighted by Gasteiger charge is 2.31. The van der Waals surface area contributed by atoms with Crippen LogP contribution in [0.3, 0.4) is 0 Å². The number of halogens is 1. The van der Waals surface area contributed by atoms with E-state index in [2.05, 4.69) is 74.3 Å². The first-order valence-corrected chi connectivity index (χ1v) is 12.0. The minimum Gasteiger partial charge on any atom is -0.444 e. The number of piperazine rings is 1. The molecule has 31 heavy (non-hydrogen) atoms. The molecule has 0 unspecified atom stereocenters. The summed E-state index contributed by atoms with van der Waals surface area (Å²) in [6, 6.07) is 17.8. The SMILES string of the molecule is CC(C)(C)OC(=O)N1CCN(c2ccccc2[C@H]2CCCN2c2ccc(Br)cc2)CC1. The number of benzene rings is 2. The molecule has 0 aliphatic carbocycles. The second kappa shape index (κ2) is 9.11. The zero-order valence-electron chi connectivity index (χ0n) is 18.7. The molecule has 0 N–H and O–H groups in total. The van der Waals surface area contributed by atoms with E-state index in [9.17, 15) is 4.79 Å². The van der Waals surface area contributed by atoms with E-state index in [1.54, 1.807) is 0 Å². The van der Waals surface area contributed by atoms with Gasteiger partial charge in [-0.25, -0.2) is 4.79 Å². The standard InChI is InChI=1S/C25H32BrN3O2/c1-25(2,3)31-24(30)28-17-15-27(16-18-28)22-8-5-4-7-21(22)23-9-6-14-29(23)20-12-10-19(26)11-13-20/h4-5,7-8,10-13,23H,6,9,14-18H2,1-3H3/t23-/m1/s1. The van der Waals surface area contributed by atoms with Gasteiger partial charge in [0.25, 0.3) is 0 Å². The van der Waals surface area contributed by atoms with Crippen LogP contribution in [-0.4, -0.2) is 49.3 Å². The zero-order chi connectivity index (χ0) is 22.0. The summed E-state index contributed by atoms with van der Waals surface area (Å²) >= 11 is 3.55. The van der Waals surface area contributed by atoms with Gasteiger partial charge in [-0.3, -0.25) is 0 Å². The second-order valence-electron chi connectivity index (χ2n) is 9.34. The summed E-state index contributed by atoms with van der Waals surface area (Å²) in [5.41, 5.74) is 3.49. The van der Waals surface area contributed by atoms with Gasteiger partial charge in [-0.2, -0.15) is 0 Å². The summed E-state index contributed by atoms with van der Waals surface area (Å²) in [5.74, 6) is 0. The van der Waals surface area contributed by atoms with Crippen molar-refractivity contribution in [2.24, 2.45) is 0 Å². The molecular formula is C25H32BrN3O2. The Labute approximate surface area is 194 Å². The summed E-state index contributed by atoms with van der Waals surface area (Å²) in [7, 11) is 0. The van der Waals surface area contributed by atoms with Crippen LogP contribution in [0.4, 0.5) is 16.2 Å². The fraction of sp³-hybridized carbons (Fsp3) is 0.480. The van der Waals surface area contributed by atoms with Crippen LogP contribution in [0.2, 0.25) is 0 Å². The van der Waals surface area contributed by atoms with Crippen molar-refractivity contribution in [1.29, 1.82) is 0 Å². The summed E-state index contributed by atoms with van der Waals surface area (Å²) < 4.78 is 6.66. The lowest BCUT2D eigenvalue weighted by Gasteiger charge is -2.39. The highest BCUT2D eigenvalue weighted by Crippen LogP contribution is 2.40. The van der Waals surface area contributed by atoms with Crippen LogP contribution >= 0.6 is 15.9 Å². The quantitative estimate of drug-likeness (QED) is 0.546. The van der Waals surface area contributed by atoms with Gasteiger partial charge in [0.2, 0.25) is 0 Å². The summed E-state index contributed by atoms with van der Waals surface area (Å²) in [6.45, 7) is 9.83. The van der Waals surface area contributed by atoms with Gasteiger partial charge in [0.05, 0.1) is 6.04 Å². The van der Waals surface area contributed by atoms with Crippen molar-refractivity contribution in [2.75, 3.05) is 42.5 Å². The van der Waals surface area contributed by atoms with Gasteiger partial charge < -0.3 is 19.4 Å². The lowest BCUT2D eigenvalue weighted by molar-refractivity contribution is 0.0240. The number of rotatable bonds is 3. The van der Waals surface area contributed by atoms with Gasteiger partial charge in [0, 0.05) is 48.6 Å². The molecule has 2 aromatic rings. The summed E-state index contributed by atoms with van der Waals surface area (Å²) in [5, 5.41) is 0. The van der Waals surface area contributed by atoms with Gasteiger partial charge in [0.1, 0.15) is 5.60 Å². The topological polar surface area (TPSA) is 36.0 Å². The van der Waals surface area contributed by atoms with Crippen LogP contribution in [-0.2, 0) is 4.74 Å². The average molecular weight is 486 g/mol. The van der Waals surface area contributed by atoms with E-state index in [0.29, 0.717) is 19.1 Å². The Bertz CT molecular complexity index is 902. The molecule has 0 spiro atoms. The van der Waals surface area contributed by atoms with Crippen molar-refractivity contribution in [3.63, 3.8) is 0 Å². The third kappa shape index (κ3) is 5.17. The number of anilines is 2. The Balaban J connectivity index is 1.49. The monoisotopic (exact) mass is 485 g/mol. The highest BCUT2D eigenvalue weighted by molar-refractivity contribution is 9.10. The minimum atomic E-state index is -0.459. The smallest absolute Gasteiger partial charge is 0.410 e. The molecule has 2 saturated heterocycles. The lowest BCUT2D eigenvalue weighted by atomic mass is 10.0. The van der Waals surface area contributed by atoms with Crippen LogP contribution in [0.1, 0.15) is 45.2 Å². The molecule has 0 saturated carbocycles. The number of carbonyl (C=O) groups is 1. The zero-order valence-corrected chi connectivity index (χ0v) is 20.3. The molecule has 2 aliphatic rings. The Morgan fingerprint density at radius 3 is 2.32 bits per heavy atom. The van der Waals surface area contributed by atoms with Crippen molar-refractivity contribution in [2.45, 2.75) is 45.3 Å². The highest BCUT2D eigenvalue weighted by atomic mass is 79.9. The van der Waals surface area contributed by atoms with E-state index in [4.69, 9.17) is 4.74 Å². The summed E-state index contributed by atoms with van der Waals surface area (Å²) in [4.78, 5) is 19.2. The predicted molar refractivity (Wildman–Crippen MR) is 130 cm³/mol. The molecule has 4 rings (SSSR count). The maximum absolute atomic E-state index is 12.4. The number of ether oxygens (including phenoxy) is 1. The molecule has 0 bridgehead atoms. The van der Waals surface area contributed by atoms with Crippen molar-refractivity contribution in [3.05, 3.63) is 58.6 Å². The van der Waals surface area contributed by atoms with E-state index in [1.165, 1.54) is 23.4 Å². The van der Waals surface area contributed by atoms with E-state index in [0.717, 1.165) is 30.5 Å². The lowest BCUT2D eigenvalue weighted by Crippen LogP contribution is -2.50. The van der Waals surface area contributed by atoms with Gasteiger partial charge in [0.15, 0.2) is 0 Å². The third-order valence-corrected chi connectivity index (χ3v) is 6.51. The number of carbonyl (C=O) groups excluding carboxylic acids is 1. The molecular weight excluding hydrogens is 454 g/mol. The van der Waals surface area contributed by atoms with Crippen molar-refractivity contribution >= 4 is 33.4 Å². The fourth-order valence-electron chi connectivity index (χ4n) is 4.55. The minimum absolute atomic E-state index is 0.211. The first-order chi connectivity index (χ1) is 14.8. The van der Waals surface area contributed by atoms with Crippen LogP contribution < -0.4 is 9.80 Å². The second-order valence-corrected chi connectivity index (χ2v) is 10.3. The number of hydrogen-bond acceptors (Lipinski definition) is 4. The predicted octanol–water partition coefficient (Wildman–Crippen LogP) is 5.85. The van der Waals surface area contributed by atoms with Gasteiger partial charge >= 0.3 is 6.09 Å². The Kier molecular flexibility index (Phi) is 6.47. The van der Waals surface area contributed by atoms with Gasteiger partial charge in [-0.05, 0) is 69.5 Å². The van der Waals surface area contributed by atoms with Crippen LogP contribution in [0, 0.1) is 0 Å². The number of hydrogen-bond donors (Lipinski definition) is 0. The van der Waals surface area contributed by atoms with E-state index in [-0.39, 0.29) is 6.09 Å². The summed E-state index contributed by atoms with van der Waals surface area (Å²) in [6.07, 6.45) is 2.14. The van der Waals surface area contributed by atoms with Crippen molar-refractivity contribution < 1.29 is 9.53 Å². The maximum atomic E-state index is 12.4. The average Bonchev–Trinajstić information content (AvgIpc) is 3.23. The molecule has 1 amide bonds. The van der Waals surface area contributed by atoms with Crippen LogP contribution in [0.25, 0.3) is 0 Å². The molecule has 2 aliphatic heterocycles. The molecule has 1 atom stereocenters. The molecule has 2 aromatic carbocycles. The molecule has 166 valence electrons. The van der Waals surface area contributed by atoms with Gasteiger partial charge in [-0.15, -0.1) is 0 Å². The van der Waals surface area contributed by atoms with Crippen molar-refractivity contribution in [3.8, 4) is 0 Å². The molecule has 5 nitrogen and oxygen atoms in total. The van der Waals surface area contributed by atoms with Gasteiger partial charge in [-0.1, -0.05) is 34.1 Å². The van der Waals surface area contributed by atoms with E-state index in [1.807, 2.05) is 25.7 Å². The molecule has 2 heterocycles. The Morgan fingerprint density at radius 1 is 0.968 bits per heavy atom. The fourth-order valence-corrected chi connectivity index (χ4v) is 4.81. The Hall–Kier alpha value is -2.21. The third-order valence-electron chi connectivity index (χ3n) is 5.98. The number of para-hydroxylation sites is 1. The Morgan fingerprint density at radius 2 is 1.65 bits per heavy atom. The molecule has 0 aromatic heterocycles. The molecule has 6 heteroatoms. The van der Waals surface area contributed by atoms with E-state index >= 15 is 0 Å². The number of amides is 1. The van der Waals surface area contributed by atoms with Crippen LogP contribution in [0.15, 0.2) is 53.0 Å². The van der Waals surface area contributed by atoms with E-state index < -0.39 is 5.60 Å². The number of nitrogens with zero attached hydrogens (tertiary/aromatic N) is 3. The molecule has 2 fully saturated rings.